The minimum atomic E-state index is -0.0834. The molecule has 1 fully saturated rings. The van der Waals surface area contributed by atoms with E-state index in [1.807, 2.05) is 0 Å². The van der Waals surface area contributed by atoms with Crippen LogP contribution in [0, 0.1) is 20.8 Å². The summed E-state index contributed by atoms with van der Waals surface area (Å²) in [5, 5.41) is 12.9. The van der Waals surface area contributed by atoms with Gasteiger partial charge in [0.05, 0.1) is 6.10 Å². The van der Waals surface area contributed by atoms with Crippen LogP contribution in [0.2, 0.25) is 0 Å². The highest BCUT2D eigenvalue weighted by Crippen LogP contribution is 2.27. The van der Waals surface area contributed by atoms with Crippen LogP contribution in [-0.2, 0) is 0 Å². The second-order valence-electron chi connectivity index (χ2n) is 5.52. The molecule has 1 saturated carbocycles. The first-order valence-electron chi connectivity index (χ1n) is 6.49. The lowest BCUT2D eigenvalue weighted by atomic mass is 9.87. The molecule has 1 aliphatic carbocycles. The van der Waals surface area contributed by atoms with Crippen LogP contribution < -0.4 is 5.32 Å². The smallest absolute Gasteiger partial charge is 0.0570 e. The van der Waals surface area contributed by atoms with Crippen LogP contribution in [0.4, 0.5) is 0 Å². The minimum absolute atomic E-state index is 0.0834. The largest absolute Gasteiger partial charge is 0.393 e. The molecule has 2 heteroatoms. The van der Waals surface area contributed by atoms with E-state index in [-0.39, 0.29) is 6.10 Å². The van der Waals surface area contributed by atoms with Crippen LogP contribution >= 0.6 is 0 Å². The van der Waals surface area contributed by atoms with Crippen molar-refractivity contribution in [1.29, 1.82) is 0 Å². The van der Waals surface area contributed by atoms with E-state index in [2.05, 4.69) is 45.1 Å². The number of rotatable bonds is 3. The van der Waals surface area contributed by atoms with Gasteiger partial charge in [0.15, 0.2) is 0 Å². The second kappa shape index (κ2) is 4.79. The molecule has 2 nitrogen and oxygen atoms in total. The highest BCUT2D eigenvalue weighted by atomic mass is 16.3. The maximum atomic E-state index is 9.31. The molecule has 1 atom stereocenters. The number of aryl methyl sites for hydroxylation is 3. The summed E-state index contributed by atoms with van der Waals surface area (Å²) < 4.78 is 0. The lowest BCUT2D eigenvalue weighted by Crippen LogP contribution is -2.45. The molecule has 0 saturated heterocycles. The molecule has 2 N–H and O–H groups in total. The Balaban J connectivity index is 2.10. The predicted octanol–water partition coefficient (Wildman–Crippen LogP) is 2.79. The molecule has 0 amide bonds. The van der Waals surface area contributed by atoms with Gasteiger partial charge >= 0.3 is 0 Å². The van der Waals surface area contributed by atoms with Crippen LogP contribution in [0.3, 0.4) is 0 Å². The van der Waals surface area contributed by atoms with E-state index in [1.54, 1.807) is 0 Å². The van der Waals surface area contributed by atoms with E-state index >= 15 is 0 Å². The van der Waals surface area contributed by atoms with Gasteiger partial charge < -0.3 is 10.4 Å². The fourth-order valence-electron chi connectivity index (χ4n) is 3.03. The van der Waals surface area contributed by atoms with Crippen molar-refractivity contribution in [3.63, 3.8) is 0 Å². The Labute approximate surface area is 104 Å². The Kier molecular flexibility index (Phi) is 3.55. The molecule has 0 aliphatic heterocycles. The zero-order valence-corrected chi connectivity index (χ0v) is 11.2. The number of nitrogens with one attached hydrogen (secondary N) is 1. The van der Waals surface area contributed by atoms with Crippen LogP contribution in [0.1, 0.15) is 48.1 Å². The second-order valence-corrected chi connectivity index (χ2v) is 5.52. The van der Waals surface area contributed by atoms with E-state index in [9.17, 15) is 5.11 Å². The van der Waals surface area contributed by atoms with Gasteiger partial charge in [-0.25, -0.2) is 0 Å². The third kappa shape index (κ3) is 2.70. The van der Waals surface area contributed by atoms with E-state index in [4.69, 9.17) is 0 Å². The lowest BCUT2D eigenvalue weighted by molar-refractivity contribution is 0.0585. The van der Waals surface area contributed by atoms with Gasteiger partial charge in [-0.15, -0.1) is 0 Å². The first-order valence-corrected chi connectivity index (χ1v) is 6.49. The van der Waals surface area contributed by atoms with E-state index < -0.39 is 0 Å². The summed E-state index contributed by atoms with van der Waals surface area (Å²) in [6, 6.07) is 5.35. The van der Waals surface area contributed by atoms with Gasteiger partial charge in [-0.1, -0.05) is 17.7 Å². The molecule has 1 unspecified atom stereocenters. The van der Waals surface area contributed by atoms with Gasteiger partial charge in [-0.2, -0.15) is 0 Å². The molecule has 0 spiro atoms. The Hall–Kier alpha value is -0.860. The molecule has 94 valence electrons. The van der Waals surface area contributed by atoms with Crippen molar-refractivity contribution in [3.05, 3.63) is 34.4 Å². The number of benzene rings is 1. The number of aliphatic hydroxyl groups excluding tert-OH is 1. The Morgan fingerprint density at radius 3 is 2.18 bits per heavy atom. The molecule has 1 aromatic rings. The SMILES string of the molecule is Cc1cc(C)c(C(C)NC2CC(O)C2)c(C)c1. The van der Waals surface area contributed by atoms with Crippen LogP contribution in [-0.4, -0.2) is 17.3 Å². The highest BCUT2D eigenvalue weighted by Gasteiger charge is 2.28. The fourth-order valence-corrected chi connectivity index (χ4v) is 3.03. The van der Waals surface area contributed by atoms with E-state index in [0.717, 1.165) is 12.8 Å². The van der Waals surface area contributed by atoms with Crippen LogP contribution in [0.25, 0.3) is 0 Å². The number of hydrogen-bond acceptors (Lipinski definition) is 2. The molecule has 0 heterocycles. The van der Waals surface area contributed by atoms with Crippen molar-refractivity contribution in [2.75, 3.05) is 0 Å². The maximum absolute atomic E-state index is 9.31. The zero-order chi connectivity index (χ0) is 12.6. The Bertz CT molecular complexity index is 384. The molecule has 0 aromatic heterocycles. The fraction of sp³-hybridized carbons (Fsp3) is 0.600. The highest BCUT2D eigenvalue weighted by molar-refractivity contribution is 5.39. The molecule has 0 bridgehead atoms. The molecule has 2 rings (SSSR count). The Morgan fingerprint density at radius 1 is 1.18 bits per heavy atom. The van der Waals surface area contributed by atoms with Crippen molar-refractivity contribution in [3.8, 4) is 0 Å². The summed E-state index contributed by atoms with van der Waals surface area (Å²) in [6.07, 6.45) is 1.71. The average Bonchev–Trinajstić information content (AvgIpc) is 2.13. The van der Waals surface area contributed by atoms with E-state index in [0.29, 0.717) is 12.1 Å². The van der Waals surface area contributed by atoms with Gasteiger partial charge in [0, 0.05) is 12.1 Å². The first kappa shape index (κ1) is 12.6. The van der Waals surface area contributed by atoms with Gasteiger partial charge in [-0.05, 0) is 57.2 Å². The molecule has 1 aromatic carbocycles. The standard InChI is InChI=1S/C15H23NO/c1-9-5-10(2)15(11(3)6-9)12(4)16-13-7-14(17)8-13/h5-6,12-14,16-17H,7-8H2,1-4H3. The van der Waals surface area contributed by atoms with Gasteiger partial charge in [-0.3, -0.25) is 0 Å². The van der Waals surface area contributed by atoms with Crippen molar-refractivity contribution >= 4 is 0 Å². The van der Waals surface area contributed by atoms with Crippen LogP contribution in [0.5, 0.6) is 0 Å². The van der Waals surface area contributed by atoms with Crippen molar-refractivity contribution in [2.45, 2.75) is 58.7 Å². The summed E-state index contributed by atoms with van der Waals surface area (Å²) in [4.78, 5) is 0. The van der Waals surface area contributed by atoms with Crippen LogP contribution in [0.15, 0.2) is 12.1 Å². The lowest BCUT2D eigenvalue weighted by Gasteiger charge is -2.35. The third-order valence-electron chi connectivity index (χ3n) is 3.77. The zero-order valence-electron chi connectivity index (χ0n) is 11.2. The molecule has 0 radical (unpaired) electrons. The quantitative estimate of drug-likeness (QED) is 0.841. The number of hydrogen-bond donors (Lipinski definition) is 2. The summed E-state index contributed by atoms with van der Waals surface area (Å²) in [5.41, 5.74) is 5.47. The first-order chi connectivity index (χ1) is 7.97. The van der Waals surface area contributed by atoms with Crippen molar-refractivity contribution in [1.82, 2.24) is 5.32 Å². The maximum Gasteiger partial charge on any atom is 0.0570 e. The van der Waals surface area contributed by atoms with E-state index in [1.165, 1.54) is 22.3 Å². The monoisotopic (exact) mass is 233 g/mol. The van der Waals surface area contributed by atoms with Crippen molar-refractivity contribution < 1.29 is 5.11 Å². The summed E-state index contributed by atoms with van der Waals surface area (Å²) >= 11 is 0. The van der Waals surface area contributed by atoms with Gasteiger partial charge in [0.25, 0.3) is 0 Å². The van der Waals surface area contributed by atoms with Crippen molar-refractivity contribution in [2.24, 2.45) is 0 Å². The minimum Gasteiger partial charge on any atom is -0.393 e. The Morgan fingerprint density at radius 2 is 1.71 bits per heavy atom. The summed E-state index contributed by atoms with van der Waals surface area (Å²) in [6.45, 7) is 8.73. The molecule has 1 aliphatic rings. The third-order valence-corrected chi connectivity index (χ3v) is 3.77. The number of aliphatic hydroxyl groups is 1. The van der Waals surface area contributed by atoms with Gasteiger partial charge in [0.2, 0.25) is 0 Å². The average molecular weight is 233 g/mol. The topological polar surface area (TPSA) is 32.3 Å². The molecular weight excluding hydrogens is 210 g/mol. The normalized spacial score (nSPS) is 25.5. The summed E-state index contributed by atoms with van der Waals surface area (Å²) in [7, 11) is 0. The molecule has 17 heavy (non-hydrogen) atoms. The van der Waals surface area contributed by atoms with Gasteiger partial charge in [0.1, 0.15) is 0 Å². The summed E-state index contributed by atoms with van der Waals surface area (Å²) in [5.74, 6) is 0. The molecular formula is C15H23NO. The predicted molar refractivity (Wildman–Crippen MR) is 71.2 cm³/mol.